The van der Waals surface area contributed by atoms with Gasteiger partial charge in [-0.05, 0) is 31.9 Å². The van der Waals surface area contributed by atoms with Gasteiger partial charge in [0, 0.05) is 24.2 Å². The second-order valence-corrected chi connectivity index (χ2v) is 5.52. The number of anilines is 1. The molecular weight excluding hydrogens is 246 g/mol. The Bertz CT molecular complexity index is 603. The number of fused-ring (bicyclic) bond motifs is 1. The van der Waals surface area contributed by atoms with Crippen LogP contribution in [0.25, 0.3) is 10.2 Å². The Morgan fingerprint density at radius 3 is 3.00 bits per heavy atom. The Morgan fingerprint density at radius 2 is 2.39 bits per heavy atom. The van der Waals surface area contributed by atoms with Crippen LogP contribution in [0.2, 0.25) is 0 Å². The normalized spacial score (nSPS) is 14.9. The van der Waals surface area contributed by atoms with E-state index < -0.39 is 0 Å². The number of rotatable bonds is 3. The highest BCUT2D eigenvalue weighted by Crippen LogP contribution is 2.35. The third-order valence-corrected chi connectivity index (χ3v) is 4.41. The Labute approximate surface area is 109 Å². The molecule has 0 aliphatic heterocycles. The molecule has 0 bridgehead atoms. The molecule has 0 aromatic carbocycles. The van der Waals surface area contributed by atoms with Crippen molar-refractivity contribution < 1.29 is 4.79 Å². The molecular formula is C13H15N3OS. The zero-order valence-electron chi connectivity index (χ0n) is 10.2. The molecule has 0 spiro atoms. The molecule has 0 atom stereocenters. The molecule has 0 unspecified atom stereocenters. The van der Waals surface area contributed by atoms with Gasteiger partial charge in [-0.25, -0.2) is 4.98 Å². The van der Waals surface area contributed by atoms with Crippen LogP contribution in [0, 0.1) is 0 Å². The molecule has 5 heteroatoms. The molecule has 1 fully saturated rings. The summed E-state index contributed by atoms with van der Waals surface area (Å²) < 4.78 is 0. The van der Waals surface area contributed by atoms with Gasteiger partial charge in [-0.15, -0.1) is 11.3 Å². The second kappa shape index (κ2) is 4.24. The predicted molar refractivity (Wildman–Crippen MR) is 73.8 cm³/mol. The van der Waals surface area contributed by atoms with E-state index in [4.69, 9.17) is 5.73 Å². The van der Waals surface area contributed by atoms with Gasteiger partial charge in [0.2, 0.25) is 0 Å². The van der Waals surface area contributed by atoms with E-state index in [1.165, 1.54) is 11.3 Å². The number of carbonyl (C=O) groups excluding carboxylic acids is 1. The SMILES string of the molecule is CCN(C(=O)c1sc2ncccc2c1N)C1CC1. The molecule has 94 valence electrons. The minimum absolute atomic E-state index is 0.0560. The Balaban J connectivity index is 2.02. The molecule has 3 rings (SSSR count). The number of amides is 1. The summed E-state index contributed by atoms with van der Waals surface area (Å²) in [6.07, 6.45) is 3.95. The van der Waals surface area contributed by atoms with Crippen LogP contribution in [0.5, 0.6) is 0 Å². The zero-order chi connectivity index (χ0) is 12.7. The number of nitrogens with zero attached hydrogens (tertiary/aromatic N) is 2. The van der Waals surface area contributed by atoms with Crippen LogP contribution < -0.4 is 5.73 Å². The van der Waals surface area contributed by atoms with Gasteiger partial charge < -0.3 is 10.6 Å². The molecule has 1 aliphatic carbocycles. The summed E-state index contributed by atoms with van der Waals surface area (Å²) in [4.78, 5) is 20.1. The summed E-state index contributed by atoms with van der Waals surface area (Å²) in [5.41, 5.74) is 6.65. The van der Waals surface area contributed by atoms with Gasteiger partial charge in [-0.2, -0.15) is 0 Å². The maximum absolute atomic E-state index is 12.5. The topological polar surface area (TPSA) is 59.2 Å². The standard InChI is InChI=1S/C13H15N3OS/c1-2-16(8-5-6-8)13(17)11-10(14)9-4-3-7-15-12(9)18-11/h3-4,7-8H,2,5-6,14H2,1H3. The summed E-state index contributed by atoms with van der Waals surface area (Å²) in [7, 11) is 0. The summed E-state index contributed by atoms with van der Waals surface area (Å²) in [5, 5.41) is 0.887. The largest absolute Gasteiger partial charge is 0.397 e. The average molecular weight is 261 g/mol. The first kappa shape index (κ1) is 11.5. The van der Waals surface area contributed by atoms with Gasteiger partial charge >= 0.3 is 0 Å². The van der Waals surface area contributed by atoms with E-state index in [2.05, 4.69) is 4.98 Å². The van der Waals surface area contributed by atoms with Crippen molar-refractivity contribution in [3.05, 3.63) is 23.2 Å². The quantitative estimate of drug-likeness (QED) is 0.923. The minimum atomic E-state index is 0.0560. The number of thiophene rings is 1. The van der Waals surface area contributed by atoms with Gasteiger partial charge in [0.05, 0.1) is 5.69 Å². The molecule has 4 nitrogen and oxygen atoms in total. The number of pyridine rings is 1. The first-order valence-corrected chi connectivity index (χ1v) is 6.98. The number of nitrogen functional groups attached to an aromatic ring is 1. The Morgan fingerprint density at radius 1 is 1.61 bits per heavy atom. The van der Waals surface area contributed by atoms with Gasteiger partial charge in [-0.3, -0.25) is 4.79 Å². The average Bonchev–Trinajstić information content (AvgIpc) is 3.16. The smallest absolute Gasteiger partial charge is 0.266 e. The predicted octanol–water partition coefficient (Wildman–Crippen LogP) is 2.50. The first-order chi connectivity index (χ1) is 8.72. The maximum Gasteiger partial charge on any atom is 0.266 e. The third kappa shape index (κ3) is 1.75. The van der Waals surface area contributed by atoms with Gasteiger partial charge in [0.25, 0.3) is 5.91 Å². The van der Waals surface area contributed by atoms with Crippen molar-refractivity contribution in [3.8, 4) is 0 Å². The van der Waals surface area contributed by atoms with Crippen molar-refractivity contribution in [1.29, 1.82) is 0 Å². The van der Waals surface area contributed by atoms with Crippen LogP contribution in [0.1, 0.15) is 29.4 Å². The Kier molecular flexibility index (Phi) is 2.70. The van der Waals surface area contributed by atoms with E-state index in [1.807, 2.05) is 24.0 Å². The number of carbonyl (C=O) groups is 1. The lowest BCUT2D eigenvalue weighted by Gasteiger charge is -2.19. The molecule has 18 heavy (non-hydrogen) atoms. The van der Waals surface area contributed by atoms with Crippen molar-refractivity contribution in [2.45, 2.75) is 25.8 Å². The molecule has 1 aliphatic rings. The third-order valence-electron chi connectivity index (χ3n) is 3.29. The number of hydrogen-bond donors (Lipinski definition) is 1. The molecule has 2 aromatic rings. The molecule has 2 N–H and O–H groups in total. The number of hydrogen-bond acceptors (Lipinski definition) is 4. The van der Waals surface area contributed by atoms with Crippen molar-refractivity contribution in [2.75, 3.05) is 12.3 Å². The molecule has 1 saturated carbocycles. The summed E-state index contributed by atoms with van der Waals surface area (Å²) >= 11 is 1.39. The van der Waals surface area contributed by atoms with Crippen LogP contribution >= 0.6 is 11.3 Å². The maximum atomic E-state index is 12.5. The lowest BCUT2D eigenvalue weighted by atomic mass is 10.2. The summed E-state index contributed by atoms with van der Waals surface area (Å²) in [5.74, 6) is 0.0560. The van der Waals surface area contributed by atoms with E-state index in [0.29, 0.717) is 16.6 Å². The summed E-state index contributed by atoms with van der Waals surface area (Å²) in [6.45, 7) is 2.75. The van der Waals surface area contributed by atoms with Crippen molar-refractivity contribution in [3.63, 3.8) is 0 Å². The molecule has 2 aromatic heterocycles. The number of aromatic nitrogens is 1. The molecule has 0 saturated heterocycles. The van der Waals surface area contributed by atoms with E-state index in [1.54, 1.807) is 6.20 Å². The fraction of sp³-hybridized carbons (Fsp3) is 0.385. The Hall–Kier alpha value is -1.62. The fourth-order valence-corrected chi connectivity index (χ4v) is 3.21. The minimum Gasteiger partial charge on any atom is -0.397 e. The van der Waals surface area contributed by atoms with Gasteiger partial charge in [-0.1, -0.05) is 0 Å². The van der Waals surface area contributed by atoms with Crippen LogP contribution in [-0.4, -0.2) is 28.4 Å². The highest BCUT2D eigenvalue weighted by Gasteiger charge is 2.33. The second-order valence-electron chi connectivity index (χ2n) is 4.52. The molecule has 0 radical (unpaired) electrons. The fourth-order valence-electron chi connectivity index (χ4n) is 2.19. The van der Waals surface area contributed by atoms with Gasteiger partial charge in [0.15, 0.2) is 0 Å². The van der Waals surface area contributed by atoms with Gasteiger partial charge in [0.1, 0.15) is 9.71 Å². The van der Waals surface area contributed by atoms with Crippen molar-refractivity contribution in [2.24, 2.45) is 0 Å². The van der Waals surface area contributed by atoms with Crippen LogP contribution in [0.15, 0.2) is 18.3 Å². The lowest BCUT2D eigenvalue weighted by Crippen LogP contribution is -2.32. The van der Waals surface area contributed by atoms with Crippen molar-refractivity contribution >= 4 is 33.1 Å². The summed E-state index contributed by atoms with van der Waals surface area (Å²) in [6, 6.07) is 4.18. The lowest BCUT2D eigenvalue weighted by molar-refractivity contribution is 0.0758. The molecule has 1 amide bonds. The van der Waals surface area contributed by atoms with Crippen LogP contribution in [0.3, 0.4) is 0 Å². The van der Waals surface area contributed by atoms with Crippen LogP contribution in [0.4, 0.5) is 5.69 Å². The van der Waals surface area contributed by atoms with Crippen LogP contribution in [-0.2, 0) is 0 Å². The monoisotopic (exact) mass is 261 g/mol. The van der Waals surface area contributed by atoms with E-state index in [0.717, 1.165) is 29.6 Å². The van der Waals surface area contributed by atoms with Crippen molar-refractivity contribution in [1.82, 2.24) is 9.88 Å². The number of nitrogens with two attached hydrogens (primary N) is 1. The highest BCUT2D eigenvalue weighted by atomic mass is 32.1. The van der Waals surface area contributed by atoms with E-state index in [-0.39, 0.29) is 5.91 Å². The van der Waals surface area contributed by atoms with E-state index >= 15 is 0 Å². The highest BCUT2D eigenvalue weighted by molar-refractivity contribution is 7.21. The molecule has 2 heterocycles. The zero-order valence-corrected chi connectivity index (χ0v) is 11.0. The van der Waals surface area contributed by atoms with E-state index in [9.17, 15) is 4.79 Å². The first-order valence-electron chi connectivity index (χ1n) is 6.16.